The number of para-hydroxylation sites is 1. The Morgan fingerprint density at radius 3 is 1.84 bits per heavy atom. The first kappa shape index (κ1) is 25.4. The minimum Gasteiger partial charge on any atom is -0.357 e. The quantitative estimate of drug-likeness (QED) is 0.214. The Kier molecular flexibility index (Phi) is 7.33. The summed E-state index contributed by atoms with van der Waals surface area (Å²) in [4.78, 5) is 39.8. The minimum absolute atomic E-state index is 0.0867. The molecule has 0 spiro atoms. The van der Waals surface area contributed by atoms with Gasteiger partial charge in [0.05, 0.1) is 5.69 Å². The lowest BCUT2D eigenvalue weighted by Gasteiger charge is -2.26. The maximum Gasteiger partial charge on any atom is 0.283 e. The van der Waals surface area contributed by atoms with Crippen molar-refractivity contribution in [3.63, 3.8) is 0 Å². The van der Waals surface area contributed by atoms with E-state index in [1.807, 2.05) is 85.5 Å². The number of nitrogens with zero attached hydrogens (tertiary/aromatic N) is 4. The van der Waals surface area contributed by atoms with Gasteiger partial charge in [-0.3, -0.25) is 9.59 Å². The van der Waals surface area contributed by atoms with Gasteiger partial charge >= 0.3 is 0 Å². The van der Waals surface area contributed by atoms with E-state index in [0.29, 0.717) is 18.2 Å². The maximum atomic E-state index is 14.9. The van der Waals surface area contributed by atoms with Gasteiger partial charge in [-0.15, -0.1) is 0 Å². The number of rotatable bonds is 8. The van der Waals surface area contributed by atoms with Crippen molar-refractivity contribution in [2.45, 2.75) is 32.1 Å². The summed E-state index contributed by atoms with van der Waals surface area (Å²) in [5.74, 6) is -1.84. The molecule has 3 aromatic carbocycles. The maximum absolute atomic E-state index is 14.9. The normalized spacial score (nSPS) is 13.4. The van der Waals surface area contributed by atoms with E-state index in [9.17, 15) is 14.0 Å². The van der Waals surface area contributed by atoms with Crippen molar-refractivity contribution < 1.29 is 14.0 Å². The number of halogens is 1. The van der Waals surface area contributed by atoms with Crippen LogP contribution in [0.2, 0.25) is 0 Å². The highest BCUT2D eigenvalue weighted by molar-refractivity contribution is 8.04. The third kappa shape index (κ3) is 5.35. The van der Waals surface area contributed by atoms with Gasteiger partial charge in [0.1, 0.15) is 16.4 Å². The van der Waals surface area contributed by atoms with E-state index in [0.717, 1.165) is 39.2 Å². The average molecular weight is 525 g/mol. The largest absolute Gasteiger partial charge is 0.357 e. The second kappa shape index (κ2) is 11.0. The second-order valence-corrected chi connectivity index (χ2v) is 9.91. The third-order valence-corrected chi connectivity index (χ3v) is 6.95. The lowest BCUT2D eigenvalue weighted by atomic mass is 10.1. The zero-order valence-corrected chi connectivity index (χ0v) is 21.8. The van der Waals surface area contributed by atoms with Gasteiger partial charge in [-0.2, -0.15) is 0 Å². The molecule has 0 radical (unpaired) electrons. The van der Waals surface area contributed by atoms with E-state index in [2.05, 4.69) is 9.97 Å². The monoisotopic (exact) mass is 524 g/mol. The number of aromatic nitrogens is 2. The molecule has 0 fully saturated rings. The van der Waals surface area contributed by atoms with E-state index in [1.165, 1.54) is 18.2 Å². The van der Waals surface area contributed by atoms with Crippen molar-refractivity contribution in [3.05, 3.63) is 130 Å². The molecule has 1 aliphatic rings. The Balaban J connectivity index is 1.64. The molecule has 5 rings (SSSR count). The summed E-state index contributed by atoms with van der Waals surface area (Å²) >= 11 is 1.03. The van der Waals surface area contributed by atoms with Crippen molar-refractivity contribution in [1.82, 2.24) is 14.9 Å². The number of hydrogen-bond acceptors (Lipinski definition) is 6. The fraction of sp³-hybridized carbons (Fsp3) is 0.133. The molecule has 0 bridgehead atoms. The van der Waals surface area contributed by atoms with Crippen LogP contribution in [0.4, 0.5) is 10.1 Å². The summed E-state index contributed by atoms with van der Waals surface area (Å²) in [7, 11) is 0. The number of carbonyl (C=O) groups excluding carboxylic acids is 2. The molecule has 190 valence electrons. The van der Waals surface area contributed by atoms with Crippen LogP contribution in [-0.2, 0) is 22.7 Å². The molecule has 0 unspecified atom stereocenters. The second-order valence-electron chi connectivity index (χ2n) is 8.94. The zero-order valence-electron chi connectivity index (χ0n) is 21.0. The van der Waals surface area contributed by atoms with Crippen LogP contribution in [0.5, 0.6) is 0 Å². The fourth-order valence-corrected chi connectivity index (χ4v) is 5.43. The molecular formula is C30H25FN4O2S. The summed E-state index contributed by atoms with van der Waals surface area (Å²) < 4.78 is 14.9. The molecule has 6 nitrogen and oxygen atoms in total. The first-order valence-corrected chi connectivity index (χ1v) is 12.9. The Labute approximate surface area is 224 Å². The van der Waals surface area contributed by atoms with E-state index in [-0.39, 0.29) is 16.3 Å². The summed E-state index contributed by atoms with van der Waals surface area (Å²) in [6, 6.07) is 27.1. The fourth-order valence-electron chi connectivity index (χ4n) is 4.37. The number of hydrogen-bond donors (Lipinski definition) is 0. The molecule has 0 atom stereocenters. The van der Waals surface area contributed by atoms with Crippen LogP contribution in [0.15, 0.2) is 107 Å². The van der Waals surface area contributed by atoms with Crippen LogP contribution in [0.25, 0.3) is 0 Å². The van der Waals surface area contributed by atoms with Crippen LogP contribution in [-0.4, -0.2) is 26.7 Å². The first-order chi connectivity index (χ1) is 18.4. The molecule has 8 heteroatoms. The predicted octanol–water partition coefficient (Wildman–Crippen LogP) is 5.81. The van der Waals surface area contributed by atoms with Crippen LogP contribution >= 0.6 is 11.8 Å². The smallest absolute Gasteiger partial charge is 0.283 e. The first-order valence-electron chi connectivity index (χ1n) is 12.1. The summed E-state index contributed by atoms with van der Waals surface area (Å²) in [5, 5.41) is 0.353. The molecule has 38 heavy (non-hydrogen) atoms. The number of imide groups is 1. The molecule has 0 N–H and O–H groups in total. The van der Waals surface area contributed by atoms with Crippen molar-refractivity contribution in [2.75, 3.05) is 4.90 Å². The Hall–Kier alpha value is -4.30. The highest BCUT2D eigenvalue weighted by Crippen LogP contribution is 2.39. The van der Waals surface area contributed by atoms with Gasteiger partial charge in [-0.25, -0.2) is 19.3 Å². The highest BCUT2D eigenvalue weighted by Gasteiger charge is 2.43. The van der Waals surface area contributed by atoms with E-state index < -0.39 is 17.6 Å². The van der Waals surface area contributed by atoms with E-state index >= 15 is 0 Å². The number of amides is 2. The molecular weight excluding hydrogens is 499 g/mol. The molecule has 2 heterocycles. The number of carbonyl (C=O) groups is 2. The summed E-state index contributed by atoms with van der Waals surface area (Å²) in [6.07, 6.45) is 0. The van der Waals surface area contributed by atoms with E-state index in [1.54, 1.807) is 6.07 Å². The summed E-state index contributed by atoms with van der Waals surface area (Å²) in [6.45, 7) is 4.43. The van der Waals surface area contributed by atoms with Gasteiger partial charge in [-0.05, 0) is 54.9 Å². The summed E-state index contributed by atoms with van der Waals surface area (Å²) in [5.41, 5.74) is 3.53. The number of aryl methyl sites for hydroxylation is 2. The lowest BCUT2D eigenvalue weighted by molar-refractivity contribution is -0.121. The molecule has 0 saturated carbocycles. The minimum atomic E-state index is -0.653. The zero-order chi connectivity index (χ0) is 26.6. The van der Waals surface area contributed by atoms with Gasteiger partial charge in [-0.1, -0.05) is 72.8 Å². The molecule has 0 saturated heterocycles. The molecule has 2 amide bonds. The van der Waals surface area contributed by atoms with Crippen LogP contribution < -0.4 is 4.90 Å². The Bertz CT molecular complexity index is 1460. The molecule has 1 aromatic heterocycles. The van der Waals surface area contributed by atoms with Crippen LogP contribution in [0.3, 0.4) is 0 Å². The van der Waals surface area contributed by atoms with Gasteiger partial charge in [0.2, 0.25) is 0 Å². The topological polar surface area (TPSA) is 66.4 Å². The predicted molar refractivity (Wildman–Crippen MR) is 145 cm³/mol. The van der Waals surface area contributed by atoms with Gasteiger partial charge in [0, 0.05) is 24.5 Å². The SMILES string of the molecule is Cc1cc(C)nc(SC2=C(N(Cc3ccccc3)Cc3ccccc3)C(=O)N(c3ccccc3F)C2=O)n1. The molecule has 4 aromatic rings. The van der Waals surface area contributed by atoms with Crippen molar-refractivity contribution in [2.24, 2.45) is 0 Å². The number of benzene rings is 3. The van der Waals surface area contributed by atoms with E-state index in [4.69, 9.17) is 0 Å². The Morgan fingerprint density at radius 1 is 0.763 bits per heavy atom. The van der Waals surface area contributed by atoms with Crippen LogP contribution in [0, 0.1) is 19.7 Å². The number of thioether (sulfide) groups is 1. The van der Waals surface area contributed by atoms with Gasteiger partial charge < -0.3 is 4.90 Å². The van der Waals surface area contributed by atoms with Crippen molar-refractivity contribution in [1.29, 1.82) is 0 Å². The lowest BCUT2D eigenvalue weighted by Crippen LogP contribution is -2.35. The average Bonchev–Trinajstić information content (AvgIpc) is 3.13. The van der Waals surface area contributed by atoms with Gasteiger partial charge in [0.25, 0.3) is 11.8 Å². The standard InChI is InChI=1S/C30H25FN4O2S/c1-20-17-21(2)33-30(32-20)38-27-26(28(36)35(29(27)37)25-16-10-9-15-24(25)31)34(18-22-11-5-3-6-12-22)19-23-13-7-4-8-14-23/h3-17H,18-19H2,1-2H3. The van der Waals surface area contributed by atoms with Crippen molar-refractivity contribution >= 4 is 29.3 Å². The third-order valence-electron chi connectivity index (χ3n) is 6.02. The number of anilines is 1. The highest BCUT2D eigenvalue weighted by atomic mass is 32.2. The van der Waals surface area contributed by atoms with Gasteiger partial charge in [0.15, 0.2) is 5.16 Å². The Morgan fingerprint density at radius 2 is 1.29 bits per heavy atom. The molecule has 1 aliphatic heterocycles. The van der Waals surface area contributed by atoms with Crippen LogP contribution in [0.1, 0.15) is 22.5 Å². The van der Waals surface area contributed by atoms with Crippen molar-refractivity contribution in [3.8, 4) is 0 Å². The molecule has 0 aliphatic carbocycles.